The van der Waals surface area contributed by atoms with Crippen LogP contribution in [-0.2, 0) is 14.3 Å². The third-order valence-corrected chi connectivity index (χ3v) is 8.33. The number of thioether (sulfide) groups is 1. The van der Waals surface area contributed by atoms with Crippen LogP contribution in [0.15, 0.2) is 58.9 Å². The Kier molecular flexibility index (Phi) is 8.94. The van der Waals surface area contributed by atoms with Crippen molar-refractivity contribution < 1.29 is 19.1 Å². The molecule has 1 unspecified atom stereocenters. The Hall–Kier alpha value is -3.83. The molecule has 0 radical (unpaired) electrons. The number of hydrogen-bond donors (Lipinski definition) is 2. The number of ether oxygens (including phenoxy) is 2. The summed E-state index contributed by atoms with van der Waals surface area (Å²) in [6.07, 6.45) is 1.00. The number of hydrogen-bond acceptors (Lipinski definition) is 8. The monoisotopic (exact) mass is 576 g/mol. The van der Waals surface area contributed by atoms with Gasteiger partial charge in [-0.1, -0.05) is 43.0 Å². The number of rotatable bonds is 9. The fourth-order valence-corrected chi connectivity index (χ4v) is 5.54. The highest BCUT2D eigenvalue weighted by Crippen LogP contribution is 2.37. The van der Waals surface area contributed by atoms with E-state index in [0.29, 0.717) is 54.4 Å². The Bertz CT molecular complexity index is 1450. The molecule has 2 aromatic carbocycles. The van der Waals surface area contributed by atoms with Crippen molar-refractivity contribution in [2.75, 3.05) is 49.3 Å². The number of amides is 2. The second-order valence-corrected chi connectivity index (χ2v) is 11.2. The molecule has 3 aromatic rings. The molecular formula is C30H36N6O4S. The number of nitrogens with zero attached hydrogens (tertiary/aromatic N) is 4. The van der Waals surface area contributed by atoms with Gasteiger partial charge in [0.1, 0.15) is 11.8 Å². The maximum absolute atomic E-state index is 13.9. The van der Waals surface area contributed by atoms with E-state index in [4.69, 9.17) is 19.6 Å². The zero-order valence-corrected chi connectivity index (χ0v) is 24.7. The van der Waals surface area contributed by atoms with Crippen molar-refractivity contribution >= 4 is 35.2 Å². The van der Waals surface area contributed by atoms with Crippen molar-refractivity contribution in [3.8, 4) is 5.75 Å². The molecule has 216 valence electrons. The summed E-state index contributed by atoms with van der Waals surface area (Å²) >= 11 is 1.59. The van der Waals surface area contributed by atoms with E-state index >= 15 is 0 Å². The first-order chi connectivity index (χ1) is 19.9. The van der Waals surface area contributed by atoms with Crippen LogP contribution in [0.3, 0.4) is 0 Å². The molecular weight excluding hydrogens is 540 g/mol. The van der Waals surface area contributed by atoms with E-state index in [1.807, 2.05) is 63.2 Å². The standard InChI is InChI=1S/C30H36N6O4S/c1-5-17-41-30-33-29-31-21(4)26(28(38)32-24-8-6-7-19(2)20(24)3)27(36(29)34-30)22-9-11-23(12-10-22)40-18-25(37)35-13-15-39-16-14-35/h6-12,27H,5,13-18H2,1-4H3,(H,32,38)(H,31,33,34). The third kappa shape index (κ3) is 6.41. The highest BCUT2D eigenvalue weighted by Gasteiger charge is 2.34. The fourth-order valence-electron chi connectivity index (χ4n) is 4.86. The minimum absolute atomic E-state index is 0.0412. The Labute approximate surface area is 244 Å². The molecule has 0 bridgehead atoms. The summed E-state index contributed by atoms with van der Waals surface area (Å²) in [5, 5.41) is 11.9. The smallest absolute Gasteiger partial charge is 0.260 e. The Balaban J connectivity index is 1.42. The number of morpholine rings is 1. The lowest BCUT2D eigenvalue weighted by Crippen LogP contribution is -2.42. The number of aromatic nitrogens is 3. The molecule has 2 amide bonds. The molecule has 11 heteroatoms. The van der Waals surface area contributed by atoms with Crippen molar-refractivity contribution in [1.82, 2.24) is 19.7 Å². The van der Waals surface area contributed by atoms with Gasteiger partial charge >= 0.3 is 0 Å². The molecule has 1 fully saturated rings. The SMILES string of the molecule is CCCSc1nc2n(n1)C(c1ccc(OCC(=O)N3CCOCC3)cc1)C(C(=O)Nc1cccc(C)c1C)=C(C)N2. The molecule has 2 aliphatic rings. The van der Waals surface area contributed by atoms with Gasteiger partial charge < -0.3 is 25.0 Å². The maximum Gasteiger partial charge on any atom is 0.260 e. The quantitative estimate of drug-likeness (QED) is 0.357. The zero-order chi connectivity index (χ0) is 28.9. The summed E-state index contributed by atoms with van der Waals surface area (Å²) in [5.74, 6) is 1.78. The van der Waals surface area contributed by atoms with E-state index in [2.05, 4.69) is 17.6 Å². The van der Waals surface area contributed by atoms with Crippen LogP contribution in [0.2, 0.25) is 0 Å². The number of fused-ring (bicyclic) bond motifs is 1. The van der Waals surface area contributed by atoms with Gasteiger partial charge in [-0.05, 0) is 62.1 Å². The number of carbonyl (C=O) groups excluding carboxylic acids is 2. The molecule has 0 spiro atoms. The van der Waals surface area contributed by atoms with Crippen molar-refractivity contribution in [2.45, 2.75) is 45.3 Å². The molecule has 1 atom stereocenters. The van der Waals surface area contributed by atoms with Gasteiger partial charge in [0.05, 0.1) is 18.8 Å². The first-order valence-corrected chi connectivity index (χ1v) is 14.9. The summed E-state index contributed by atoms with van der Waals surface area (Å²) in [4.78, 5) is 32.8. The number of benzene rings is 2. The van der Waals surface area contributed by atoms with Crippen LogP contribution in [0.1, 0.15) is 43.0 Å². The molecule has 2 N–H and O–H groups in total. The minimum atomic E-state index is -0.510. The molecule has 2 aliphatic heterocycles. The predicted octanol–water partition coefficient (Wildman–Crippen LogP) is 4.56. The van der Waals surface area contributed by atoms with E-state index in [9.17, 15) is 9.59 Å². The summed E-state index contributed by atoms with van der Waals surface area (Å²) in [7, 11) is 0. The van der Waals surface area contributed by atoms with Gasteiger partial charge in [0.15, 0.2) is 6.61 Å². The largest absolute Gasteiger partial charge is 0.484 e. The molecule has 3 heterocycles. The van der Waals surface area contributed by atoms with E-state index < -0.39 is 6.04 Å². The predicted molar refractivity (Wildman–Crippen MR) is 159 cm³/mol. The van der Waals surface area contributed by atoms with E-state index in [-0.39, 0.29) is 18.4 Å². The minimum Gasteiger partial charge on any atom is -0.484 e. The third-order valence-electron chi connectivity index (χ3n) is 7.29. The lowest BCUT2D eigenvalue weighted by atomic mass is 9.94. The lowest BCUT2D eigenvalue weighted by Gasteiger charge is -2.29. The van der Waals surface area contributed by atoms with Crippen LogP contribution < -0.4 is 15.4 Å². The molecule has 0 aliphatic carbocycles. The number of carbonyl (C=O) groups is 2. The molecule has 0 saturated carbocycles. The summed E-state index contributed by atoms with van der Waals surface area (Å²) < 4.78 is 12.9. The fraction of sp³-hybridized carbons (Fsp3) is 0.400. The van der Waals surface area contributed by atoms with E-state index in [1.54, 1.807) is 21.3 Å². The molecule has 5 rings (SSSR count). The second-order valence-electron chi connectivity index (χ2n) is 10.1. The van der Waals surface area contributed by atoms with Crippen LogP contribution in [0, 0.1) is 13.8 Å². The summed E-state index contributed by atoms with van der Waals surface area (Å²) in [6.45, 7) is 10.2. The van der Waals surface area contributed by atoms with E-state index in [0.717, 1.165) is 34.6 Å². The van der Waals surface area contributed by atoms with Crippen molar-refractivity contribution in [3.05, 3.63) is 70.4 Å². The van der Waals surface area contributed by atoms with Crippen LogP contribution in [0.25, 0.3) is 0 Å². The van der Waals surface area contributed by atoms with E-state index in [1.165, 1.54) is 0 Å². The lowest BCUT2D eigenvalue weighted by molar-refractivity contribution is -0.137. The highest BCUT2D eigenvalue weighted by molar-refractivity contribution is 7.99. The van der Waals surface area contributed by atoms with Gasteiger partial charge in [0.2, 0.25) is 11.1 Å². The average Bonchev–Trinajstić information content (AvgIpc) is 3.39. The normalized spacial score (nSPS) is 16.7. The van der Waals surface area contributed by atoms with Gasteiger partial charge in [-0.2, -0.15) is 4.98 Å². The first kappa shape index (κ1) is 28.7. The van der Waals surface area contributed by atoms with Gasteiger partial charge in [0, 0.05) is 30.2 Å². The number of allylic oxidation sites excluding steroid dienone is 1. The van der Waals surface area contributed by atoms with Crippen LogP contribution in [0.5, 0.6) is 5.75 Å². The maximum atomic E-state index is 13.9. The highest BCUT2D eigenvalue weighted by atomic mass is 32.2. The molecule has 1 saturated heterocycles. The Morgan fingerprint density at radius 2 is 1.88 bits per heavy atom. The summed E-state index contributed by atoms with van der Waals surface area (Å²) in [5.41, 5.74) is 5.00. The van der Waals surface area contributed by atoms with Crippen molar-refractivity contribution in [3.63, 3.8) is 0 Å². The Morgan fingerprint density at radius 1 is 1.12 bits per heavy atom. The van der Waals surface area contributed by atoms with Crippen molar-refractivity contribution in [2.24, 2.45) is 0 Å². The second kappa shape index (κ2) is 12.8. The topological polar surface area (TPSA) is 111 Å². The number of anilines is 2. The van der Waals surface area contributed by atoms with Gasteiger partial charge in [-0.15, -0.1) is 5.10 Å². The van der Waals surface area contributed by atoms with Crippen LogP contribution >= 0.6 is 11.8 Å². The number of aryl methyl sites for hydroxylation is 1. The van der Waals surface area contributed by atoms with Crippen LogP contribution in [0.4, 0.5) is 11.6 Å². The first-order valence-electron chi connectivity index (χ1n) is 13.9. The van der Waals surface area contributed by atoms with Gasteiger partial charge in [0.25, 0.3) is 11.8 Å². The average molecular weight is 577 g/mol. The van der Waals surface area contributed by atoms with Crippen molar-refractivity contribution in [1.29, 1.82) is 0 Å². The zero-order valence-electron chi connectivity index (χ0n) is 23.9. The van der Waals surface area contributed by atoms with Gasteiger partial charge in [-0.3, -0.25) is 9.59 Å². The van der Waals surface area contributed by atoms with Crippen LogP contribution in [-0.4, -0.2) is 70.1 Å². The number of nitrogens with one attached hydrogen (secondary N) is 2. The molecule has 1 aromatic heterocycles. The summed E-state index contributed by atoms with van der Waals surface area (Å²) in [6, 6.07) is 12.8. The molecule has 41 heavy (non-hydrogen) atoms. The van der Waals surface area contributed by atoms with Gasteiger partial charge in [-0.25, -0.2) is 4.68 Å². The Morgan fingerprint density at radius 3 is 2.61 bits per heavy atom. The molecule has 10 nitrogen and oxygen atoms in total.